The van der Waals surface area contributed by atoms with Gasteiger partial charge in [0.15, 0.2) is 5.69 Å². The van der Waals surface area contributed by atoms with Gasteiger partial charge in [0.25, 0.3) is 5.91 Å². The first-order chi connectivity index (χ1) is 13.8. The fourth-order valence-electron chi connectivity index (χ4n) is 3.05. The Morgan fingerprint density at radius 1 is 1.31 bits per heavy atom. The van der Waals surface area contributed by atoms with Gasteiger partial charge in [0, 0.05) is 12.2 Å². The number of hydrogen-bond donors (Lipinski definition) is 1. The van der Waals surface area contributed by atoms with E-state index in [0.717, 1.165) is 19.0 Å². The lowest BCUT2D eigenvalue weighted by Crippen LogP contribution is -2.40. The molecule has 3 rings (SSSR count). The summed E-state index contributed by atoms with van der Waals surface area (Å²) in [7, 11) is 0. The van der Waals surface area contributed by atoms with Crippen LogP contribution in [-0.2, 0) is 15.7 Å². The molecule has 1 aromatic heterocycles. The van der Waals surface area contributed by atoms with Crippen LogP contribution in [0.1, 0.15) is 46.2 Å². The third-order valence-corrected chi connectivity index (χ3v) is 4.40. The Labute approximate surface area is 164 Å². The number of carbonyl (C=O) groups is 2. The van der Waals surface area contributed by atoms with E-state index in [2.05, 4.69) is 15.2 Å². The predicted molar refractivity (Wildman–Crippen MR) is 95.8 cm³/mol. The first-order valence-corrected chi connectivity index (χ1v) is 9.12. The molecule has 7 nitrogen and oxygen atoms in total. The molecule has 29 heavy (non-hydrogen) atoms. The van der Waals surface area contributed by atoms with E-state index >= 15 is 0 Å². The number of benzene rings is 1. The number of nitrogens with one attached hydrogen (secondary N) is 1. The number of halogens is 3. The van der Waals surface area contributed by atoms with Crippen LogP contribution in [0.15, 0.2) is 30.5 Å². The molecule has 0 aliphatic carbocycles. The van der Waals surface area contributed by atoms with Crippen molar-refractivity contribution in [1.82, 2.24) is 15.1 Å². The second-order valence-electron chi connectivity index (χ2n) is 6.47. The van der Waals surface area contributed by atoms with E-state index in [9.17, 15) is 22.8 Å². The summed E-state index contributed by atoms with van der Waals surface area (Å²) in [5.74, 6) is -1.44. The average molecular weight is 411 g/mol. The summed E-state index contributed by atoms with van der Waals surface area (Å²) in [4.78, 5) is 24.2. The number of rotatable bonds is 5. The zero-order chi connectivity index (χ0) is 21.0. The van der Waals surface area contributed by atoms with Crippen molar-refractivity contribution >= 4 is 11.9 Å². The Kier molecular flexibility index (Phi) is 6.21. The van der Waals surface area contributed by atoms with Gasteiger partial charge >= 0.3 is 12.1 Å². The van der Waals surface area contributed by atoms with Crippen molar-refractivity contribution in [1.29, 1.82) is 0 Å². The molecule has 1 N–H and O–H groups in total. The van der Waals surface area contributed by atoms with Gasteiger partial charge in [-0.3, -0.25) is 4.79 Å². The van der Waals surface area contributed by atoms with Gasteiger partial charge in [-0.2, -0.15) is 18.3 Å². The topological polar surface area (TPSA) is 82.5 Å². The molecule has 1 unspecified atom stereocenters. The number of amides is 1. The monoisotopic (exact) mass is 411 g/mol. The number of carbonyl (C=O) groups excluding carboxylic acids is 2. The van der Waals surface area contributed by atoms with Gasteiger partial charge in [0.2, 0.25) is 0 Å². The molecule has 1 amide bonds. The summed E-state index contributed by atoms with van der Waals surface area (Å²) < 4.78 is 51.3. The average Bonchev–Trinajstić information content (AvgIpc) is 3.15. The van der Waals surface area contributed by atoms with Gasteiger partial charge < -0.3 is 14.8 Å². The number of alkyl halides is 3. The number of aromatic nitrogens is 2. The molecular formula is C19H20F3N3O4. The van der Waals surface area contributed by atoms with E-state index in [-0.39, 0.29) is 24.2 Å². The van der Waals surface area contributed by atoms with Gasteiger partial charge in [0.05, 0.1) is 31.1 Å². The molecule has 156 valence electrons. The van der Waals surface area contributed by atoms with Crippen LogP contribution in [0.25, 0.3) is 5.69 Å². The van der Waals surface area contributed by atoms with Crippen molar-refractivity contribution in [2.45, 2.75) is 32.0 Å². The van der Waals surface area contributed by atoms with E-state index in [0.29, 0.717) is 23.5 Å². The standard InChI is InChI=1S/C19H20F3N3O4/c1-2-29-18(27)15-10-23-25(16(15)19(20,21)22)14-7-5-12(6-8-14)17(26)24-13-4-3-9-28-11-13/h5-8,10,13H,2-4,9,11H2,1H3,(H,24,26). The van der Waals surface area contributed by atoms with Crippen molar-refractivity contribution in [2.24, 2.45) is 0 Å². The molecule has 2 aromatic rings. The Hall–Kier alpha value is -2.88. The molecule has 2 heterocycles. The second-order valence-corrected chi connectivity index (χ2v) is 6.47. The van der Waals surface area contributed by atoms with Crippen LogP contribution in [0, 0.1) is 0 Å². The van der Waals surface area contributed by atoms with Crippen molar-refractivity contribution < 1.29 is 32.2 Å². The lowest BCUT2D eigenvalue weighted by Gasteiger charge is -2.23. The minimum absolute atomic E-state index is 0.0584. The maximum absolute atomic E-state index is 13.6. The van der Waals surface area contributed by atoms with Crippen molar-refractivity contribution in [2.75, 3.05) is 19.8 Å². The minimum atomic E-state index is -4.82. The summed E-state index contributed by atoms with van der Waals surface area (Å²) in [6.45, 7) is 2.54. The second kappa shape index (κ2) is 8.64. The number of ether oxygens (including phenoxy) is 2. The van der Waals surface area contributed by atoms with E-state index < -0.39 is 23.4 Å². The summed E-state index contributed by atoms with van der Waals surface area (Å²) in [6, 6.07) is 5.39. The van der Waals surface area contributed by atoms with Crippen LogP contribution in [0.2, 0.25) is 0 Å². The molecule has 0 bridgehead atoms. The summed E-state index contributed by atoms with van der Waals surface area (Å²) in [5, 5.41) is 6.54. The molecule has 0 radical (unpaired) electrons. The summed E-state index contributed by atoms with van der Waals surface area (Å²) in [5.41, 5.74) is -1.54. The number of nitrogens with zero attached hydrogens (tertiary/aromatic N) is 2. The van der Waals surface area contributed by atoms with Crippen LogP contribution in [-0.4, -0.2) is 47.5 Å². The molecule has 1 atom stereocenters. The fourth-order valence-corrected chi connectivity index (χ4v) is 3.05. The lowest BCUT2D eigenvalue weighted by atomic mass is 10.1. The molecule has 1 aliphatic rings. The van der Waals surface area contributed by atoms with Crippen LogP contribution in [0.5, 0.6) is 0 Å². The van der Waals surface area contributed by atoms with Crippen LogP contribution < -0.4 is 5.32 Å². The Morgan fingerprint density at radius 3 is 2.62 bits per heavy atom. The summed E-state index contributed by atoms with van der Waals surface area (Å²) in [6.07, 6.45) is -2.34. The van der Waals surface area contributed by atoms with Gasteiger partial charge in [-0.1, -0.05) is 0 Å². The smallest absolute Gasteiger partial charge is 0.434 e. The van der Waals surface area contributed by atoms with Gasteiger partial charge in [-0.25, -0.2) is 9.48 Å². The Morgan fingerprint density at radius 2 is 2.03 bits per heavy atom. The largest absolute Gasteiger partial charge is 0.462 e. The lowest BCUT2D eigenvalue weighted by molar-refractivity contribution is -0.143. The first-order valence-electron chi connectivity index (χ1n) is 9.12. The van der Waals surface area contributed by atoms with Crippen LogP contribution in [0.4, 0.5) is 13.2 Å². The first kappa shape index (κ1) is 20.8. The quantitative estimate of drug-likeness (QED) is 0.765. The highest BCUT2D eigenvalue weighted by Crippen LogP contribution is 2.34. The SMILES string of the molecule is CCOC(=O)c1cnn(-c2ccc(C(=O)NC3CCCOC3)cc2)c1C(F)(F)F. The Balaban J connectivity index is 1.84. The Bertz CT molecular complexity index is 872. The van der Waals surface area contributed by atoms with Crippen LogP contribution >= 0.6 is 0 Å². The maximum Gasteiger partial charge on any atom is 0.434 e. The van der Waals surface area contributed by atoms with Crippen molar-refractivity contribution in [3.63, 3.8) is 0 Å². The normalized spacial score (nSPS) is 17.0. The molecule has 0 saturated carbocycles. The van der Waals surface area contributed by atoms with Crippen LogP contribution in [0.3, 0.4) is 0 Å². The summed E-state index contributed by atoms with van der Waals surface area (Å²) >= 11 is 0. The van der Waals surface area contributed by atoms with E-state index in [4.69, 9.17) is 4.74 Å². The van der Waals surface area contributed by atoms with E-state index in [1.807, 2.05) is 0 Å². The van der Waals surface area contributed by atoms with Crippen molar-refractivity contribution in [3.05, 3.63) is 47.3 Å². The highest BCUT2D eigenvalue weighted by molar-refractivity contribution is 5.94. The minimum Gasteiger partial charge on any atom is -0.462 e. The molecule has 1 aromatic carbocycles. The zero-order valence-corrected chi connectivity index (χ0v) is 15.7. The van der Waals surface area contributed by atoms with E-state index in [1.165, 1.54) is 31.2 Å². The predicted octanol–water partition coefficient (Wildman–Crippen LogP) is 2.98. The maximum atomic E-state index is 13.6. The third-order valence-electron chi connectivity index (χ3n) is 4.40. The van der Waals surface area contributed by atoms with Gasteiger partial charge in [-0.15, -0.1) is 0 Å². The van der Waals surface area contributed by atoms with Crippen molar-refractivity contribution in [3.8, 4) is 5.69 Å². The molecule has 1 saturated heterocycles. The molecule has 1 aliphatic heterocycles. The molecular weight excluding hydrogens is 391 g/mol. The van der Waals surface area contributed by atoms with Gasteiger partial charge in [-0.05, 0) is 44.0 Å². The number of hydrogen-bond acceptors (Lipinski definition) is 5. The fraction of sp³-hybridized carbons (Fsp3) is 0.421. The zero-order valence-electron chi connectivity index (χ0n) is 15.7. The number of esters is 1. The highest BCUT2D eigenvalue weighted by Gasteiger charge is 2.41. The molecule has 0 spiro atoms. The highest BCUT2D eigenvalue weighted by atomic mass is 19.4. The van der Waals surface area contributed by atoms with E-state index in [1.54, 1.807) is 0 Å². The third kappa shape index (κ3) is 4.76. The molecule has 10 heteroatoms. The molecule has 1 fully saturated rings. The van der Waals surface area contributed by atoms with Gasteiger partial charge in [0.1, 0.15) is 5.56 Å².